The molecule has 0 heterocycles. The first-order valence-corrected chi connectivity index (χ1v) is 8.53. The first-order valence-electron chi connectivity index (χ1n) is 8.53. The largest absolute Gasteiger partial charge is 0.493 e. The molecule has 0 aromatic heterocycles. The molecule has 2 aromatic carbocycles. The van der Waals surface area contributed by atoms with E-state index in [-0.39, 0.29) is 34.1 Å². The van der Waals surface area contributed by atoms with Gasteiger partial charge in [-0.25, -0.2) is 0 Å². The Balaban J connectivity index is 2.27. The van der Waals surface area contributed by atoms with Crippen molar-refractivity contribution in [2.75, 3.05) is 27.9 Å². The van der Waals surface area contributed by atoms with Crippen molar-refractivity contribution in [3.63, 3.8) is 0 Å². The van der Waals surface area contributed by atoms with E-state index in [0.29, 0.717) is 0 Å². The van der Waals surface area contributed by atoms with Gasteiger partial charge in [0, 0.05) is 0 Å². The highest BCUT2D eigenvalue weighted by Crippen LogP contribution is 2.42. The molecule has 0 unspecified atom stereocenters. The number of methoxy groups -OCH3 is 3. The Kier molecular flexibility index (Phi) is 7.36. The summed E-state index contributed by atoms with van der Waals surface area (Å²) in [6.45, 7) is -0.713. The maximum Gasteiger partial charge on any atom is 0.412 e. The van der Waals surface area contributed by atoms with E-state index in [1.54, 1.807) is 12.1 Å². The highest BCUT2D eigenvalue weighted by Gasteiger charge is 2.42. The zero-order chi connectivity index (χ0) is 22.3. The second-order valence-corrected chi connectivity index (χ2v) is 5.90. The zero-order valence-corrected chi connectivity index (χ0v) is 16.4. The van der Waals surface area contributed by atoms with Gasteiger partial charge in [-0.2, -0.15) is 18.4 Å². The number of hydrogen-bond donors (Lipinski definition) is 1. The van der Waals surface area contributed by atoms with Gasteiger partial charge in [0.2, 0.25) is 5.75 Å². The maximum atomic E-state index is 13.7. The average molecular weight is 424 g/mol. The third kappa shape index (κ3) is 5.26. The molecule has 0 fully saturated rings. The van der Waals surface area contributed by atoms with E-state index >= 15 is 0 Å². The molecule has 2 aromatic rings. The van der Waals surface area contributed by atoms with E-state index in [1.165, 1.54) is 33.5 Å². The number of halogens is 3. The first-order chi connectivity index (χ1) is 14.2. The van der Waals surface area contributed by atoms with Crippen LogP contribution in [0, 0.1) is 11.3 Å². The predicted molar refractivity (Wildman–Crippen MR) is 99.7 cm³/mol. The molecule has 0 saturated heterocycles. The molecule has 1 amide bonds. The molecular weight excluding hydrogens is 405 g/mol. The molecule has 0 aliphatic rings. The number of hydrogen-bond acceptors (Lipinski definition) is 6. The van der Waals surface area contributed by atoms with Gasteiger partial charge in [0.05, 0.1) is 26.9 Å². The van der Waals surface area contributed by atoms with Crippen molar-refractivity contribution in [3.8, 4) is 29.1 Å². The summed E-state index contributed by atoms with van der Waals surface area (Å²) in [5.41, 5.74) is -0.162. The fraction of sp³-hybridized carbons (Fsp3) is 0.300. The molecule has 30 heavy (non-hydrogen) atoms. The number of carbonyl (C=O) groups is 1. The molecule has 2 rings (SSSR count). The Labute approximate surface area is 170 Å². The normalized spacial score (nSPS) is 11.8. The number of para-hydroxylation sites is 1. The van der Waals surface area contributed by atoms with Crippen LogP contribution < -0.4 is 24.3 Å². The van der Waals surface area contributed by atoms with Crippen molar-refractivity contribution in [1.29, 1.82) is 5.26 Å². The standard InChI is InChI=1S/C20H19F3N2O5/c1-27-15-8-13(9-16(28-2)18(15)29-3)19(20(21,22)23)25-17(26)11-30-14-7-5-4-6-12(14)10-24/h4-9,19H,11H2,1-3H3,(H,25,26)/t19-/m1/s1. The summed E-state index contributed by atoms with van der Waals surface area (Å²) in [4.78, 5) is 12.2. The lowest BCUT2D eigenvalue weighted by atomic mass is 10.0. The minimum absolute atomic E-state index is 0.00884. The van der Waals surface area contributed by atoms with Gasteiger partial charge in [-0.05, 0) is 29.8 Å². The number of carbonyl (C=O) groups excluding carboxylic acids is 1. The fourth-order valence-electron chi connectivity index (χ4n) is 2.65. The predicted octanol–water partition coefficient (Wildman–Crippen LogP) is 3.38. The highest BCUT2D eigenvalue weighted by atomic mass is 19.4. The minimum atomic E-state index is -4.81. The van der Waals surface area contributed by atoms with Crippen molar-refractivity contribution >= 4 is 5.91 Å². The van der Waals surface area contributed by atoms with E-state index in [2.05, 4.69) is 0 Å². The number of rotatable bonds is 8. The van der Waals surface area contributed by atoms with E-state index in [1.807, 2.05) is 11.4 Å². The summed E-state index contributed by atoms with van der Waals surface area (Å²) in [5, 5.41) is 10.9. The monoisotopic (exact) mass is 424 g/mol. The minimum Gasteiger partial charge on any atom is -0.493 e. The van der Waals surface area contributed by atoms with Gasteiger partial charge in [0.1, 0.15) is 11.8 Å². The molecule has 1 atom stereocenters. The molecule has 10 heteroatoms. The van der Waals surface area contributed by atoms with Crippen LogP contribution in [0.15, 0.2) is 36.4 Å². The van der Waals surface area contributed by atoms with Crippen LogP contribution in [0.25, 0.3) is 0 Å². The van der Waals surface area contributed by atoms with Crippen LogP contribution in [-0.4, -0.2) is 40.0 Å². The summed E-state index contributed by atoms with van der Waals surface area (Å²) in [6, 6.07) is 7.78. The molecule has 7 nitrogen and oxygen atoms in total. The Morgan fingerprint density at radius 1 is 1.07 bits per heavy atom. The van der Waals surface area contributed by atoms with Crippen molar-refractivity contribution in [2.24, 2.45) is 0 Å². The number of ether oxygens (including phenoxy) is 4. The van der Waals surface area contributed by atoms with Crippen LogP contribution in [0.5, 0.6) is 23.0 Å². The summed E-state index contributed by atoms with van der Waals surface area (Å²) in [7, 11) is 3.85. The summed E-state index contributed by atoms with van der Waals surface area (Å²) >= 11 is 0. The fourth-order valence-corrected chi connectivity index (χ4v) is 2.65. The second-order valence-electron chi connectivity index (χ2n) is 5.90. The number of amides is 1. The summed E-state index contributed by atoms with van der Waals surface area (Å²) in [6.07, 6.45) is -4.81. The van der Waals surface area contributed by atoms with E-state index in [9.17, 15) is 18.0 Å². The third-order valence-corrected chi connectivity index (χ3v) is 4.02. The van der Waals surface area contributed by atoms with Gasteiger partial charge in [0.15, 0.2) is 24.1 Å². The van der Waals surface area contributed by atoms with Crippen LogP contribution >= 0.6 is 0 Å². The van der Waals surface area contributed by atoms with Crippen LogP contribution in [0.2, 0.25) is 0 Å². The summed E-state index contributed by atoms with van der Waals surface area (Å²) < 4.78 is 61.5. The van der Waals surface area contributed by atoms with Gasteiger partial charge in [0.25, 0.3) is 5.91 Å². The van der Waals surface area contributed by atoms with Crippen molar-refractivity contribution in [1.82, 2.24) is 5.32 Å². The molecule has 0 aliphatic heterocycles. The third-order valence-electron chi connectivity index (χ3n) is 4.02. The molecular formula is C20H19F3N2O5. The Bertz CT molecular complexity index is 916. The van der Waals surface area contributed by atoms with Crippen LogP contribution in [0.1, 0.15) is 17.2 Å². The SMILES string of the molecule is COc1cc([C@@H](NC(=O)COc2ccccc2C#N)C(F)(F)F)cc(OC)c1OC. The van der Waals surface area contributed by atoms with E-state index < -0.39 is 24.7 Å². The van der Waals surface area contributed by atoms with Crippen LogP contribution in [0.4, 0.5) is 13.2 Å². The first kappa shape index (κ1) is 22.7. The van der Waals surface area contributed by atoms with Crippen LogP contribution in [0.3, 0.4) is 0 Å². The molecule has 0 bridgehead atoms. The lowest BCUT2D eigenvalue weighted by molar-refractivity contribution is -0.164. The Hall–Kier alpha value is -3.61. The number of nitriles is 1. The molecule has 0 aliphatic carbocycles. The molecule has 0 saturated carbocycles. The van der Waals surface area contributed by atoms with Gasteiger partial charge >= 0.3 is 6.18 Å². The number of nitrogens with one attached hydrogen (secondary N) is 1. The number of alkyl halides is 3. The average Bonchev–Trinajstić information content (AvgIpc) is 2.74. The Morgan fingerprint density at radius 3 is 2.17 bits per heavy atom. The molecule has 0 spiro atoms. The van der Waals surface area contributed by atoms with Gasteiger partial charge in [-0.1, -0.05) is 12.1 Å². The van der Waals surface area contributed by atoms with Crippen LogP contribution in [-0.2, 0) is 4.79 Å². The van der Waals surface area contributed by atoms with Gasteiger partial charge in [-0.3, -0.25) is 4.79 Å². The zero-order valence-electron chi connectivity index (χ0n) is 16.4. The lowest BCUT2D eigenvalue weighted by Gasteiger charge is -2.24. The van der Waals surface area contributed by atoms with Gasteiger partial charge < -0.3 is 24.3 Å². The van der Waals surface area contributed by atoms with E-state index in [4.69, 9.17) is 24.2 Å². The molecule has 0 radical (unpaired) electrons. The quantitative estimate of drug-likeness (QED) is 0.699. The Morgan fingerprint density at radius 2 is 1.67 bits per heavy atom. The highest BCUT2D eigenvalue weighted by molar-refractivity contribution is 5.78. The smallest absolute Gasteiger partial charge is 0.412 e. The van der Waals surface area contributed by atoms with Crippen molar-refractivity contribution in [3.05, 3.63) is 47.5 Å². The second kappa shape index (κ2) is 9.73. The molecule has 1 N–H and O–H groups in total. The number of nitrogens with zero attached hydrogens (tertiary/aromatic N) is 1. The van der Waals surface area contributed by atoms with Gasteiger partial charge in [-0.15, -0.1) is 0 Å². The topological polar surface area (TPSA) is 89.8 Å². The maximum absolute atomic E-state index is 13.7. The lowest BCUT2D eigenvalue weighted by Crippen LogP contribution is -2.40. The van der Waals surface area contributed by atoms with Crippen molar-refractivity contribution in [2.45, 2.75) is 12.2 Å². The van der Waals surface area contributed by atoms with Crippen molar-refractivity contribution < 1.29 is 36.9 Å². The molecule has 160 valence electrons. The summed E-state index contributed by atoms with van der Waals surface area (Å²) in [5.74, 6) is -0.804. The van der Waals surface area contributed by atoms with E-state index in [0.717, 1.165) is 12.1 Å². The number of benzene rings is 2.